The Kier molecular flexibility index (Phi) is 8.39. The topological polar surface area (TPSA) is 111 Å². The van der Waals surface area contributed by atoms with Crippen molar-refractivity contribution in [3.8, 4) is 17.1 Å². The SMILES string of the molecule is Cc1cccc(C)c1-c1cc2nc(n1)NS(=O)(=O)c1cccc(c1)CN(C(=O)OC(C)(C)C)[C@H](CC(C)C)CO2. The van der Waals surface area contributed by atoms with E-state index in [0.29, 0.717) is 17.7 Å². The first-order valence-electron chi connectivity index (χ1n) is 13.4. The van der Waals surface area contributed by atoms with Crippen LogP contribution in [0.15, 0.2) is 53.4 Å². The fourth-order valence-electron chi connectivity index (χ4n) is 4.75. The van der Waals surface area contributed by atoms with Gasteiger partial charge < -0.3 is 9.47 Å². The molecule has 1 N–H and O–H groups in total. The second-order valence-corrected chi connectivity index (χ2v) is 13.3. The molecule has 9 nitrogen and oxygen atoms in total. The summed E-state index contributed by atoms with van der Waals surface area (Å²) >= 11 is 0. The lowest BCUT2D eigenvalue weighted by molar-refractivity contribution is 0.00556. The van der Waals surface area contributed by atoms with E-state index in [1.165, 1.54) is 6.07 Å². The fourth-order valence-corrected chi connectivity index (χ4v) is 5.77. The summed E-state index contributed by atoms with van der Waals surface area (Å²) in [7, 11) is -4.04. The molecule has 2 heterocycles. The van der Waals surface area contributed by atoms with Crippen molar-refractivity contribution in [2.75, 3.05) is 11.3 Å². The van der Waals surface area contributed by atoms with Crippen LogP contribution in [0.3, 0.4) is 0 Å². The smallest absolute Gasteiger partial charge is 0.410 e. The molecule has 10 heteroatoms. The summed E-state index contributed by atoms with van der Waals surface area (Å²) in [6.45, 7) is 13.8. The number of carbonyl (C=O) groups excluding carboxylic acids is 1. The molecule has 214 valence electrons. The molecule has 1 atom stereocenters. The van der Waals surface area contributed by atoms with Crippen molar-refractivity contribution in [1.29, 1.82) is 0 Å². The molecule has 1 aromatic heterocycles. The van der Waals surface area contributed by atoms with Crippen LogP contribution in [0.1, 0.15) is 57.7 Å². The average molecular weight is 567 g/mol. The molecule has 2 aromatic carbocycles. The summed E-state index contributed by atoms with van der Waals surface area (Å²) in [5, 5.41) is 0. The molecule has 1 aliphatic rings. The summed E-state index contributed by atoms with van der Waals surface area (Å²) in [4.78, 5) is 24.1. The zero-order valence-corrected chi connectivity index (χ0v) is 25.0. The molecule has 1 amide bonds. The van der Waals surface area contributed by atoms with Crippen LogP contribution in [0.5, 0.6) is 5.88 Å². The second kappa shape index (κ2) is 11.4. The summed E-state index contributed by atoms with van der Waals surface area (Å²) < 4.78 is 41.4. The highest BCUT2D eigenvalue weighted by atomic mass is 32.2. The standard InChI is InChI=1S/C30H38N4O5S/c1-19(2)14-23-18-38-26-16-25(27-20(3)10-8-11-21(27)4)31-28(32-26)33-40(36,37)24-13-9-12-22(15-24)17-34(23)29(35)39-30(5,6)7/h8-13,15-16,19,23H,14,17-18H2,1-7H3,(H,31,32,33)/t23-/m1/s1. The van der Waals surface area contributed by atoms with E-state index in [1.54, 1.807) is 29.2 Å². The third-order valence-electron chi connectivity index (χ3n) is 6.46. The third kappa shape index (κ3) is 7.10. The predicted molar refractivity (Wildman–Crippen MR) is 155 cm³/mol. The number of hydrogen-bond donors (Lipinski definition) is 1. The second-order valence-electron chi connectivity index (χ2n) is 11.6. The number of ether oxygens (including phenoxy) is 2. The number of nitrogens with one attached hydrogen (secondary N) is 1. The lowest BCUT2D eigenvalue weighted by atomic mass is 10.00. The van der Waals surface area contributed by atoms with Gasteiger partial charge in [-0.15, -0.1) is 0 Å². The Morgan fingerprint density at radius 3 is 2.42 bits per heavy atom. The van der Waals surface area contributed by atoms with Gasteiger partial charge in [-0.3, -0.25) is 4.90 Å². The molecule has 0 fully saturated rings. The van der Waals surface area contributed by atoms with Crippen molar-refractivity contribution in [2.24, 2.45) is 5.92 Å². The van der Waals surface area contributed by atoms with E-state index in [4.69, 9.17) is 9.47 Å². The number of nitrogens with zero attached hydrogens (tertiary/aromatic N) is 3. The summed E-state index contributed by atoms with van der Waals surface area (Å²) in [6, 6.07) is 13.7. The van der Waals surface area contributed by atoms with E-state index in [0.717, 1.165) is 16.7 Å². The van der Waals surface area contributed by atoms with E-state index in [1.807, 2.05) is 52.8 Å². The number of hydrogen-bond acceptors (Lipinski definition) is 7. The van der Waals surface area contributed by atoms with Crippen molar-refractivity contribution in [1.82, 2.24) is 14.9 Å². The molecular formula is C30H38N4O5S. The molecule has 0 spiro atoms. The molecule has 1 aliphatic heterocycles. The Hall–Kier alpha value is -3.66. The largest absolute Gasteiger partial charge is 0.475 e. The van der Waals surface area contributed by atoms with Crippen LogP contribution in [-0.2, 0) is 21.3 Å². The van der Waals surface area contributed by atoms with Crippen LogP contribution in [0, 0.1) is 19.8 Å². The molecule has 0 aliphatic carbocycles. The molecule has 40 heavy (non-hydrogen) atoms. The van der Waals surface area contributed by atoms with Gasteiger partial charge in [-0.25, -0.2) is 22.9 Å². The van der Waals surface area contributed by atoms with Crippen molar-refractivity contribution >= 4 is 22.1 Å². The molecule has 0 radical (unpaired) electrons. The number of aromatic nitrogens is 2. The van der Waals surface area contributed by atoms with Crippen LogP contribution in [-0.4, -0.2) is 47.6 Å². The highest BCUT2D eigenvalue weighted by molar-refractivity contribution is 7.92. The molecule has 0 saturated carbocycles. The van der Waals surface area contributed by atoms with Crippen molar-refractivity contribution in [3.05, 3.63) is 65.2 Å². The number of anilines is 1. The van der Waals surface area contributed by atoms with Gasteiger partial charge in [0.25, 0.3) is 10.0 Å². The monoisotopic (exact) mass is 566 g/mol. The van der Waals surface area contributed by atoms with Crippen LogP contribution in [0.4, 0.5) is 10.7 Å². The zero-order valence-electron chi connectivity index (χ0n) is 24.2. The van der Waals surface area contributed by atoms with E-state index in [2.05, 4.69) is 28.5 Å². The maximum atomic E-state index is 13.5. The minimum atomic E-state index is -4.04. The van der Waals surface area contributed by atoms with E-state index < -0.39 is 21.7 Å². The van der Waals surface area contributed by atoms with E-state index in [9.17, 15) is 13.2 Å². The Balaban J connectivity index is 1.88. The maximum Gasteiger partial charge on any atom is 0.410 e. The normalized spacial score (nSPS) is 17.1. The van der Waals surface area contributed by atoms with Crippen molar-refractivity contribution < 1.29 is 22.7 Å². The van der Waals surface area contributed by atoms with Gasteiger partial charge in [0.05, 0.1) is 16.6 Å². The zero-order chi connectivity index (χ0) is 29.2. The summed E-state index contributed by atoms with van der Waals surface area (Å²) in [5.41, 5.74) is 3.31. The third-order valence-corrected chi connectivity index (χ3v) is 7.79. The average Bonchev–Trinajstić information content (AvgIpc) is 2.83. The van der Waals surface area contributed by atoms with Gasteiger partial charge in [0, 0.05) is 18.2 Å². The molecule has 3 aromatic rings. The first-order valence-corrected chi connectivity index (χ1v) is 14.9. The van der Waals surface area contributed by atoms with Gasteiger partial charge in [-0.2, -0.15) is 4.98 Å². The minimum Gasteiger partial charge on any atom is -0.475 e. The van der Waals surface area contributed by atoms with Gasteiger partial charge >= 0.3 is 6.09 Å². The highest BCUT2D eigenvalue weighted by Crippen LogP contribution is 2.30. The van der Waals surface area contributed by atoms with Gasteiger partial charge in [-0.05, 0) is 75.8 Å². The first-order chi connectivity index (χ1) is 18.7. The number of benzene rings is 2. The Morgan fingerprint density at radius 2 is 1.77 bits per heavy atom. The quantitative estimate of drug-likeness (QED) is 0.407. The first kappa shape index (κ1) is 29.3. The molecule has 0 saturated heterocycles. The van der Waals surface area contributed by atoms with Gasteiger partial charge in [-0.1, -0.05) is 44.2 Å². The fraction of sp³-hybridized carbons (Fsp3) is 0.433. The molecular weight excluding hydrogens is 528 g/mol. The lowest BCUT2D eigenvalue weighted by Crippen LogP contribution is -2.46. The van der Waals surface area contributed by atoms with Crippen molar-refractivity contribution in [3.63, 3.8) is 0 Å². The molecule has 0 unspecified atom stereocenters. The Labute approximate surface area is 237 Å². The molecule has 4 rings (SSSR count). The van der Waals surface area contributed by atoms with Gasteiger partial charge in [0.1, 0.15) is 12.2 Å². The van der Waals surface area contributed by atoms with Crippen molar-refractivity contribution in [2.45, 2.75) is 78.0 Å². The minimum absolute atomic E-state index is 0.0392. The van der Waals surface area contributed by atoms with E-state index >= 15 is 0 Å². The Bertz CT molecular complexity index is 1480. The number of rotatable bonds is 3. The van der Waals surface area contributed by atoms with Gasteiger partial charge in [0.15, 0.2) is 0 Å². The van der Waals surface area contributed by atoms with Gasteiger partial charge in [0.2, 0.25) is 11.8 Å². The number of aryl methyl sites for hydroxylation is 2. The Morgan fingerprint density at radius 1 is 1.10 bits per heavy atom. The predicted octanol–water partition coefficient (Wildman–Crippen LogP) is 6.11. The number of amides is 1. The number of sulfonamides is 1. The van der Waals surface area contributed by atoms with Crippen LogP contribution < -0.4 is 9.46 Å². The summed E-state index contributed by atoms with van der Waals surface area (Å²) in [6.07, 6.45) is 0.139. The lowest BCUT2D eigenvalue weighted by Gasteiger charge is -2.34. The number of carbonyl (C=O) groups is 1. The van der Waals surface area contributed by atoms with Crippen LogP contribution in [0.2, 0.25) is 0 Å². The highest BCUT2D eigenvalue weighted by Gasteiger charge is 2.31. The number of fused-ring (bicyclic) bond motifs is 4. The molecule has 4 bridgehead atoms. The summed E-state index contributed by atoms with van der Waals surface area (Å²) in [5.74, 6) is 0.354. The van der Waals surface area contributed by atoms with E-state index in [-0.39, 0.29) is 41.8 Å². The maximum absolute atomic E-state index is 13.5. The van der Waals surface area contributed by atoms with Crippen LogP contribution in [0.25, 0.3) is 11.3 Å². The van der Waals surface area contributed by atoms with Crippen LogP contribution >= 0.6 is 0 Å².